The van der Waals surface area contributed by atoms with Gasteiger partial charge >= 0.3 is 0 Å². The minimum absolute atomic E-state index is 0.701. The molecule has 2 heterocycles. The van der Waals surface area contributed by atoms with E-state index in [0.29, 0.717) is 5.82 Å². The van der Waals surface area contributed by atoms with E-state index in [2.05, 4.69) is 48.4 Å². The van der Waals surface area contributed by atoms with E-state index in [0.717, 1.165) is 24.4 Å². The second-order valence-electron chi connectivity index (χ2n) is 5.95. The monoisotopic (exact) mass is 288 g/mol. The van der Waals surface area contributed by atoms with E-state index in [-0.39, 0.29) is 0 Å². The highest BCUT2D eigenvalue weighted by molar-refractivity contribution is 5.54. The topological polar surface area (TPSA) is 47.8 Å². The first kappa shape index (κ1) is 14.2. The van der Waals surface area contributed by atoms with Gasteiger partial charge in [0.2, 0.25) is 5.82 Å². The zero-order valence-electron chi connectivity index (χ0n) is 12.9. The number of nitrogens with zero attached hydrogens (tertiary/aromatic N) is 2. The van der Waals surface area contributed by atoms with Crippen LogP contribution >= 0.6 is 0 Å². The molecular formula is C16H24N4O+2. The fourth-order valence-electron chi connectivity index (χ4n) is 2.75. The zero-order chi connectivity index (χ0) is 14.7. The maximum Gasteiger partial charge on any atom is 0.282 e. The number of rotatable bonds is 4. The van der Waals surface area contributed by atoms with Gasteiger partial charge in [0, 0.05) is 5.56 Å². The van der Waals surface area contributed by atoms with Gasteiger partial charge in [0.25, 0.3) is 5.89 Å². The van der Waals surface area contributed by atoms with E-state index in [1.165, 1.54) is 36.6 Å². The smallest absolute Gasteiger partial charge is 0.282 e. The van der Waals surface area contributed by atoms with Crippen molar-refractivity contribution in [3.05, 3.63) is 35.7 Å². The predicted molar refractivity (Wildman–Crippen MR) is 80.1 cm³/mol. The van der Waals surface area contributed by atoms with Crippen LogP contribution in [-0.4, -0.2) is 43.4 Å². The summed E-state index contributed by atoms with van der Waals surface area (Å²) >= 11 is 0. The molecule has 0 spiro atoms. The van der Waals surface area contributed by atoms with Gasteiger partial charge in [-0.05, 0) is 12.0 Å². The highest BCUT2D eigenvalue weighted by atomic mass is 16.5. The number of quaternary nitrogens is 2. The predicted octanol–water partition coefficient (Wildman–Crippen LogP) is -0.788. The number of benzene rings is 1. The van der Waals surface area contributed by atoms with Gasteiger partial charge in [-0.1, -0.05) is 36.3 Å². The minimum Gasteiger partial charge on any atom is -0.333 e. The number of hydrogen-bond acceptors (Lipinski definition) is 3. The minimum atomic E-state index is 0.701. The van der Waals surface area contributed by atoms with Crippen molar-refractivity contribution in [2.45, 2.75) is 19.9 Å². The number of aryl methyl sites for hydroxylation is 1. The van der Waals surface area contributed by atoms with Crippen LogP contribution in [0.2, 0.25) is 0 Å². The molecule has 0 aliphatic carbocycles. The van der Waals surface area contributed by atoms with Gasteiger partial charge in [0.1, 0.15) is 26.2 Å². The Balaban J connectivity index is 1.65. The Hall–Kier alpha value is -1.72. The summed E-state index contributed by atoms with van der Waals surface area (Å²) in [6, 6.07) is 8.39. The summed E-state index contributed by atoms with van der Waals surface area (Å²) in [7, 11) is 2.25. The number of aromatic nitrogens is 2. The highest BCUT2D eigenvalue weighted by Gasteiger charge is 2.22. The Morgan fingerprint density at radius 3 is 2.48 bits per heavy atom. The van der Waals surface area contributed by atoms with Crippen LogP contribution in [0.3, 0.4) is 0 Å². The van der Waals surface area contributed by atoms with E-state index in [4.69, 9.17) is 4.52 Å². The average molecular weight is 288 g/mol. The number of likely N-dealkylation sites (N-methyl/N-ethyl adjacent to an activating group) is 1. The van der Waals surface area contributed by atoms with Crippen molar-refractivity contribution >= 4 is 0 Å². The van der Waals surface area contributed by atoms with Crippen LogP contribution < -0.4 is 9.80 Å². The molecule has 0 amide bonds. The molecule has 1 aliphatic heterocycles. The second kappa shape index (κ2) is 6.37. The third-order valence-electron chi connectivity index (χ3n) is 4.30. The lowest BCUT2D eigenvalue weighted by atomic mass is 10.1. The molecule has 0 atom stereocenters. The van der Waals surface area contributed by atoms with Gasteiger partial charge in [-0.15, -0.1) is 0 Å². The molecule has 1 aromatic carbocycles. The standard InChI is InChI=1S/C16H22N4O/c1-3-13-4-6-14(7-5-13)16-17-15(21-18-16)12-20-10-8-19(2)9-11-20/h4-7H,3,8-12H2,1-2H3/p+2. The van der Waals surface area contributed by atoms with E-state index < -0.39 is 0 Å². The van der Waals surface area contributed by atoms with Gasteiger partial charge in [0.05, 0.1) is 7.05 Å². The van der Waals surface area contributed by atoms with Crippen molar-refractivity contribution in [2.75, 3.05) is 33.2 Å². The molecule has 0 unspecified atom stereocenters. The van der Waals surface area contributed by atoms with Crippen molar-refractivity contribution in [1.29, 1.82) is 0 Å². The molecule has 2 N–H and O–H groups in total. The Kier molecular flexibility index (Phi) is 4.31. The van der Waals surface area contributed by atoms with Crippen molar-refractivity contribution < 1.29 is 14.3 Å². The largest absolute Gasteiger partial charge is 0.333 e. The molecule has 5 heteroatoms. The molecule has 2 aromatic rings. The van der Waals surface area contributed by atoms with Gasteiger partial charge in [-0.2, -0.15) is 4.98 Å². The third-order valence-corrected chi connectivity index (χ3v) is 4.30. The zero-order valence-corrected chi connectivity index (χ0v) is 12.9. The van der Waals surface area contributed by atoms with Gasteiger partial charge in [0.15, 0.2) is 6.54 Å². The molecule has 0 bridgehead atoms. The number of nitrogens with one attached hydrogen (secondary N) is 2. The molecule has 0 radical (unpaired) electrons. The van der Waals surface area contributed by atoms with Crippen LogP contribution in [0, 0.1) is 0 Å². The molecule has 3 rings (SSSR count). The first-order valence-electron chi connectivity index (χ1n) is 7.81. The van der Waals surface area contributed by atoms with E-state index in [9.17, 15) is 0 Å². The summed E-state index contributed by atoms with van der Waals surface area (Å²) in [6.07, 6.45) is 1.05. The molecule has 5 nitrogen and oxygen atoms in total. The first-order valence-corrected chi connectivity index (χ1v) is 7.81. The van der Waals surface area contributed by atoms with E-state index in [1.807, 2.05) is 0 Å². The maximum atomic E-state index is 5.42. The average Bonchev–Trinajstić information content (AvgIpc) is 2.98. The van der Waals surface area contributed by atoms with E-state index >= 15 is 0 Å². The quantitative estimate of drug-likeness (QED) is 0.775. The molecule has 1 aliphatic rings. The Bertz CT molecular complexity index is 570. The van der Waals surface area contributed by atoms with Crippen LogP contribution in [0.5, 0.6) is 0 Å². The molecule has 1 fully saturated rings. The molecule has 0 saturated carbocycles. The Labute approximate surface area is 125 Å². The summed E-state index contributed by atoms with van der Waals surface area (Å²) in [5.41, 5.74) is 2.35. The second-order valence-corrected chi connectivity index (χ2v) is 5.95. The Morgan fingerprint density at radius 2 is 1.81 bits per heavy atom. The molecule has 1 aromatic heterocycles. The lowest BCUT2D eigenvalue weighted by Crippen LogP contribution is -3.26. The normalized spacial score (nSPS) is 22.4. The van der Waals surface area contributed by atoms with Crippen LogP contribution in [0.4, 0.5) is 0 Å². The van der Waals surface area contributed by atoms with Crippen LogP contribution in [0.1, 0.15) is 18.4 Å². The summed E-state index contributed by atoms with van der Waals surface area (Å²) in [4.78, 5) is 7.69. The number of hydrogen-bond donors (Lipinski definition) is 2. The summed E-state index contributed by atoms with van der Waals surface area (Å²) < 4.78 is 5.42. The molecule has 1 saturated heterocycles. The summed E-state index contributed by atoms with van der Waals surface area (Å²) in [6.45, 7) is 7.78. The van der Waals surface area contributed by atoms with Crippen LogP contribution in [-0.2, 0) is 13.0 Å². The lowest BCUT2D eigenvalue weighted by molar-refractivity contribution is -1.01. The van der Waals surface area contributed by atoms with Crippen molar-refractivity contribution in [1.82, 2.24) is 10.1 Å². The van der Waals surface area contributed by atoms with Crippen LogP contribution in [0.15, 0.2) is 28.8 Å². The van der Waals surface area contributed by atoms with Crippen molar-refractivity contribution in [2.24, 2.45) is 0 Å². The highest BCUT2D eigenvalue weighted by Crippen LogP contribution is 2.16. The fraction of sp³-hybridized carbons (Fsp3) is 0.500. The van der Waals surface area contributed by atoms with Crippen molar-refractivity contribution in [3.63, 3.8) is 0 Å². The van der Waals surface area contributed by atoms with Gasteiger partial charge in [-0.3, -0.25) is 0 Å². The first-order chi connectivity index (χ1) is 10.2. The summed E-state index contributed by atoms with van der Waals surface area (Å²) in [5.74, 6) is 1.45. The third kappa shape index (κ3) is 3.49. The Morgan fingerprint density at radius 1 is 1.10 bits per heavy atom. The van der Waals surface area contributed by atoms with Gasteiger partial charge < -0.3 is 14.3 Å². The SMILES string of the molecule is CCc1ccc(-c2noc(C[NH+]3CC[NH+](C)CC3)n2)cc1. The van der Waals surface area contributed by atoms with E-state index in [1.54, 1.807) is 4.90 Å². The fourth-order valence-corrected chi connectivity index (χ4v) is 2.75. The summed E-state index contributed by atoms with van der Waals surface area (Å²) in [5, 5.41) is 4.12. The van der Waals surface area contributed by atoms with Crippen molar-refractivity contribution in [3.8, 4) is 11.4 Å². The number of piperazine rings is 1. The van der Waals surface area contributed by atoms with Crippen LogP contribution in [0.25, 0.3) is 11.4 Å². The molecule has 21 heavy (non-hydrogen) atoms. The molecule has 112 valence electrons. The lowest BCUT2D eigenvalue weighted by Gasteiger charge is -2.26. The molecular weight excluding hydrogens is 264 g/mol. The van der Waals surface area contributed by atoms with Gasteiger partial charge in [-0.25, -0.2) is 0 Å². The maximum absolute atomic E-state index is 5.42.